The molecule has 16 heavy (non-hydrogen) atoms. The van der Waals surface area contributed by atoms with Gasteiger partial charge >= 0.3 is 11.4 Å². The van der Waals surface area contributed by atoms with E-state index in [0.29, 0.717) is 0 Å². The molecule has 0 aliphatic heterocycles. The van der Waals surface area contributed by atoms with Gasteiger partial charge in [-0.15, -0.1) is 0 Å². The minimum Gasteiger partial charge on any atom is -0.314 e. The third-order valence-electron chi connectivity index (χ3n) is 1.26. The van der Waals surface area contributed by atoms with Crippen molar-refractivity contribution in [2.75, 3.05) is 0 Å². The summed E-state index contributed by atoms with van der Waals surface area (Å²) >= 11 is 0. The topological polar surface area (TPSA) is 131 Å². The zero-order valence-electron chi connectivity index (χ0n) is 9.79. The molecule has 4 N–H and O–H groups in total. The number of aromatic nitrogens is 4. The van der Waals surface area contributed by atoms with Crippen molar-refractivity contribution >= 4 is 0 Å². The molecule has 0 bridgehead atoms. The van der Waals surface area contributed by atoms with Gasteiger partial charge in [-0.1, -0.05) is 0 Å². The van der Waals surface area contributed by atoms with Gasteiger partial charge in [-0.05, 0) is 0 Å². The molecule has 0 fully saturated rings. The van der Waals surface area contributed by atoms with Crippen molar-refractivity contribution in [1.82, 2.24) is 19.9 Å². The molecule has 2 aromatic heterocycles. The first-order valence-corrected chi connectivity index (χ1v) is 3.98. The summed E-state index contributed by atoms with van der Waals surface area (Å²) in [5, 5.41) is 0. The van der Waals surface area contributed by atoms with E-state index >= 15 is 0 Å². The smallest absolute Gasteiger partial charge is 0.314 e. The monoisotopic (exact) mass is 226 g/mol. The molecule has 84 valence electrons. The van der Waals surface area contributed by atoms with Gasteiger partial charge in [0.2, 0.25) is 0 Å². The Morgan fingerprint density at radius 2 is 1.56 bits per heavy atom. The van der Waals surface area contributed by atoms with Gasteiger partial charge in [-0.25, -0.2) is 9.59 Å². The first-order chi connectivity index (χ1) is 8.40. The largest absolute Gasteiger partial charge is 0.325 e. The van der Waals surface area contributed by atoms with Crippen LogP contribution in [0.2, 0.25) is 0 Å². The standard InChI is InChI=1S/2C4H4N2O2/c2*7-3-1-2-5-4(8)6-3/h2*1-2H,(H2,5,6,7,8)/i1D,2D;. The molecule has 0 saturated heterocycles. The van der Waals surface area contributed by atoms with Gasteiger partial charge < -0.3 is 9.97 Å². The zero-order chi connectivity index (χ0) is 13.7. The van der Waals surface area contributed by atoms with E-state index in [-0.39, 0.29) is 5.56 Å². The molecule has 2 aromatic rings. The molecule has 0 aromatic carbocycles. The average molecular weight is 226 g/mol. The fourth-order valence-electron chi connectivity index (χ4n) is 0.693. The summed E-state index contributed by atoms with van der Waals surface area (Å²) in [6.45, 7) is 0. The lowest BCUT2D eigenvalue weighted by molar-refractivity contribution is 1.04. The SMILES string of the molecule is O=c1cc[nH]c(=O)[nH]1.[2H]c1[nH]c(=O)[nH]c(=O)c1[2H]. The van der Waals surface area contributed by atoms with Crippen LogP contribution in [0, 0.1) is 0 Å². The maximum Gasteiger partial charge on any atom is 0.325 e. The molecule has 0 amide bonds. The molecule has 0 spiro atoms. The van der Waals surface area contributed by atoms with E-state index in [1.165, 1.54) is 12.3 Å². The van der Waals surface area contributed by atoms with Crippen molar-refractivity contribution in [3.8, 4) is 0 Å². The van der Waals surface area contributed by atoms with Crippen LogP contribution in [-0.2, 0) is 0 Å². The van der Waals surface area contributed by atoms with Gasteiger partial charge in [0.1, 0.15) is 0 Å². The first kappa shape index (κ1) is 8.65. The third-order valence-corrected chi connectivity index (χ3v) is 1.26. The van der Waals surface area contributed by atoms with Crippen LogP contribution in [0.4, 0.5) is 0 Å². The number of hydrogen-bond acceptors (Lipinski definition) is 4. The number of H-pyrrole nitrogens is 4. The molecular weight excluding hydrogens is 216 g/mol. The summed E-state index contributed by atoms with van der Waals surface area (Å²) in [4.78, 5) is 49.2. The van der Waals surface area contributed by atoms with Crippen LogP contribution < -0.4 is 22.5 Å². The van der Waals surface area contributed by atoms with E-state index in [9.17, 15) is 19.2 Å². The molecule has 0 aliphatic rings. The Hall–Kier alpha value is -2.64. The molecule has 0 saturated carbocycles. The molecule has 0 atom stereocenters. The number of nitrogens with one attached hydrogen (secondary N) is 4. The zero-order valence-corrected chi connectivity index (χ0v) is 7.79. The van der Waals surface area contributed by atoms with Gasteiger partial charge in [0.25, 0.3) is 11.1 Å². The van der Waals surface area contributed by atoms with Crippen molar-refractivity contribution in [2.24, 2.45) is 0 Å². The summed E-state index contributed by atoms with van der Waals surface area (Å²) in [5.74, 6) is 0. The number of rotatable bonds is 0. The highest BCUT2D eigenvalue weighted by Gasteiger charge is 1.78. The summed E-state index contributed by atoms with van der Waals surface area (Å²) in [5.41, 5.74) is -2.45. The third kappa shape index (κ3) is 4.05. The summed E-state index contributed by atoms with van der Waals surface area (Å²) in [7, 11) is 0. The first-order valence-electron chi connectivity index (χ1n) is 4.98. The van der Waals surface area contributed by atoms with Crippen LogP contribution >= 0.6 is 0 Å². The lowest BCUT2D eigenvalue weighted by atomic mass is 10.7. The Kier molecular flexibility index (Phi) is 2.86. The fraction of sp³-hybridized carbons (Fsp3) is 0. The Morgan fingerprint density at radius 3 is 2.06 bits per heavy atom. The van der Waals surface area contributed by atoms with Gasteiger partial charge in [0.15, 0.2) is 0 Å². The molecule has 0 radical (unpaired) electrons. The minimum atomic E-state index is -0.839. The Balaban J connectivity index is 0.000000184. The van der Waals surface area contributed by atoms with Crippen LogP contribution in [0.25, 0.3) is 0 Å². The predicted molar refractivity (Wildman–Crippen MR) is 55.4 cm³/mol. The van der Waals surface area contributed by atoms with Crippen LogP contribution in [0.5, 0.6) is 0 Å². The highest BCUT2D eigenvalue weighted by molar-refractivity contribution is 4.78. The minimum absolute atomic E-state index is 0.381. The molecule has 0 unspecified atom stereocenters. The van der Waals surface area contributed by atoms with Crippen molar-refractivity contribution in [2.45, 2.75) is 0 Å². The Labute approximate surface area is 89.8 Å². The fourth-order valence-corrected chi connectivity index (χ4v) is 0.693. The summed E-state index contributed by atoms with van der Waals surface area (Å²) < 4.78 is 13.7. The lowest BCUT2D eigenvalue weighted by Crippen LogP contribution is -2.19. The van der Waals surface area contributed by atoms with E-state index in [0.717, 1.165) is 0 Å². The van der Waals surface area contributed by atoms with Crippen molar-refractivity contribution in [3.63, 3.8) is 0 Å². The van der Waals surface area contributed by atoms with Gasteiger partial charge in [-0.2, -0.15) is 0 Å². The van der Waals surface area contributed by atoms with Crippen molar-refractivity contribution < 1.29 is 2.74 Å². The quantitative estimate of drug-likeness (QED) is 0.418. The van der Waals surface area contributed by atoms with E-state index < -0.39 is 29.2 Å². The van der Waals surface area contributed by atoms with Gasteiger partial charge in [0.05, 0.1) is 2.74 Å². The van der Waals surface area contributed by atoms with Crippen LogP contribution in [0.15, 0.2) is 43.7 Å². The predicted octanol–water partition coefficient (Wildman–Crippen LogP) is -1.87. The Bertz CT molecular complexity index is 731. The Morgan fingerprint density at radius 1 is 0.938 bits per heavy atom. The normalized spacial score (nSPS) is 10.8. The van der Waals surface area contributed by atoms with Gasteiger partial charge in [0, 0.05) is 24.5 Å². The van der Waals surface area contributed by atoms with Crippen molar-refractivity contribution in [3.05, 3.63) is 66.2 Å². The average Bonchev–Trinajstić information content (AvgIpc) is 2.26. The highest BCUT2D eigenvalue weighted by atomic mass is 16.2. The van der Waals surface area contributed by atoms with Crippen LogP contribution in [0.1, 0.15) is 2.74 Å². The van der Waals surface area contributed by atoms with Crippen molar-refractivity contribution in [1.29, 1.82) is 0 Å². The molecule has 8 heteroatoms. The highest BCUT2D eigenvalue weighted by Crippen LogP contribution is 1.51. The number of hydrogen-bond donors (Lipinski definition) is 4. The summed E-state index contributed by atoms with van der Waals surface area (Å²) in [6, 6.07) is 0.709. The molecular formula is C8H8N4O4. The second-order valence-electron chi connectivity index (χ2n) is 2.45. The summed E-state index contributed by atoms with van der Waals surface area (Å²) in [6.07, 6.45) is 0.829. The second-order valence-corrected chi connectivity index (χ2v) is 2.45. The van der Waals surface area contributed by atoms with Gasteiger partial charge in [-0.3, -0.25) is 19.6 Å². The number of aromatic amines is 4. The molecule has 8 nitrogen and oxygen atoms in total. The van der Waals surface area contributed by atoms with E-state index in [1.807, 2.05) is 9.97 Å². The van der Waals surface area contributed by atoms with E-state index in [4.69, 9.17) is 2.74 Å². The lowest BCUT2D eigenvalue weighted by Gasteiger charge is -1.75. The molecule has 2 rings (SSSR count). The van der Waals surface area contributed by atoms with E-state index in [1.54, 1.807) is 4.98 Å². The van der Waals surface area contributed by atoms with E-state index in [2.05, 4.69) is 4.98 Å². The van der Waals surface area contributed by atoms with Crippen LogP contribution in [-0.4, -0.2) is 19.9 Å². The maximum atomic E-state index is 10.5. The maximum absolute atomic E-state index is 10.5. The molecule has 0 aliphatic carbocycles. The van der Waals surface area contributed by atoms with Crippen LogP contribution in [0.3, 0.4) is 0 Å². The second kappa shape index (κ2) is 5.29. The molecule has 2 heterocycles.